The van der Waals surface area contributed by atoms with Gasteiger partial charge in [-0.05, 0) is 48.1 Å². The molecule has 0 bridgehead atoms. The van der Waals surface area contributed by atoms with E-state index >= 15 is 0 Å². The van der Waals surface area contributed by atoms with Crippen LogP contribution in [0, 0.1) is 0 Å². The Morgan fingerprint density at radius 3 is 2.69 bits per heavy atom. The van der Waals surface area contributed by atoms with Crippen LogP contribution < -0.4 is 14.8 Å². The maximum absolute atomic E-state index is 13.7. The van der Waals surface area contributed by atoms with Gasteiger partial charge in [0.15, 0.2) is 17.3 Å². The van der Waals surface area contributed by atoms with Crippen molar-refractivity contribution in [2.75, 3.05) is 6.79 Å². The quantitative estimate of drug-likeness (QED) is 0.462. The van der Waals surface area contributed by atoms with Crippen LogP contribution in [0.15, 0.2) is 88.6 Å². The second-order valence-corrected chi connectivity index (χ2v) is 10.2. The summed E-state index contributed by atoms with van der Waals surface area (Å²) in [6.07, 6.45) is 1.12. The fourth-order valence-electron chi connectivity index (χ4n) is 5.26. The molecule has 1 aliphatic carbocycles. The van der Waals surface area contributed by atoms with Crippen LogP contribution in [0.3, 0.4) is 0 Å². The highest BCUT2D eigenvalue weighted by molar-refractivity contribution is 7.10. The van der Waals surface area contributed by atoms with Gasteiger partial charge >= 0.3 is 5.97 Å². The number of rotatable bonds is 5. The molecule has 3 aromatic rings. The highest BCUT2D eigenvalue weighted by Crippen LogP contribution is 2.47. The first-order valence-electron chi connectivity index (χ1n) is 12.0. The topological polar surface area (TPSA) is 73.9 Å². The van der Waals surface area contributed by atoms with Crippen molar-refractivity contribution in [3.05, 3.63) is 105 Å². The Morgan fingerprint density at radius 1 is 1.06 bits per heavy atom. The molecule has 1 N–H and O–H groups in total. The molecule has 7 heteroatoms. The first-order valence-corrected chi connectivity index (χ1v) is 12.8. The number of nitrogens with one attached hydrogen (secondary N) is 1. The number of Topliss-reactive ketones (excluding diaryl/α,β-unsaturated/α-hetero) is 1. The van der Waals surface area contributed by atoms with Gasteiger partial charge in [-0.2, -0.15) is 0 Å². The van der Waals surface area contributed by atoms with Gasteiger partial charge in [0.25, 0.3) is 0 Å². The third-order valence-electron chi connectivity index (χ3n) is 6.94. The molecule has 2 atom stereocenters. The molecule has 0 unspecified atom stereocenters. The van der Waals surface area contributed by atoms with Gasteiger partial charge < -0.3 is 19.5 Å². The van der Waals surface area contributed by atoms with Crippen molar-refractivity contribution in [2.45, 2.75) is 38.2 Å². The molecule has 3 heterocycles. The van der Waals surface area contributed by atoms with Crippen molar-refractivity contribution < 1.29 is 23.8 Å². The number of fused-ring (bicyclic) bond motifs is 1. The number of esters is 1. The molecule has 6 nitrogen and oxygen atoms in total. The van der Waals surface area contributed by atoms with Gasteiger partial charge in [-0.15, -0.1) is 11.3 Å². The highest BCUT2D eigenvalue weighted by atomic mass is 32.1. The number of ether oxygens (including phenoxy) is 3. The minimum absolute atomic E-state index is 0.0469. The first-order chi connectivity index (χ1) is 17.6. The Hall–Kier alpha value is -3.84. The van der Waals surface area contributed by atoms with Crippen molar-refractivity contribution in [3.63, 3.8) is 0 Å². The summed E-state index contributed by atoms with van der Waals surface area (Å²) in [4.78, 5) is 28.4. The van der Waals surface area contributed by atoms with Gasteiger partial charge in [0, 0.05) is 40.1 Å². The summed E-state index contributed by atoms with van der Waals surface area (Å²) in [6.45, 7) is 2.19. The Morgan fingerprint density at radius 2 is 1.89 bits per heavy atom. The number of allylic oxidation sites excluding steroid dienone is 3. The molecular formula is C29H25NO5S. The zero-order valence-electron chi connectivity index (χ0n) is 19.8. The maximum Gasteiger partial charge on any atom is 0.337 e. The van der Waals surface area contributed by atoms with Crippen molar-refractivity contribution >= 4 is 23.1 Å². The summed E-state index contributed by atoms with van der Waals surface area (Å²) >= 11 is 1.67. The average molecular weight is 500 g/mol. The van der Waals surface area contributed by atoms with Crippen LogP contribution in [0.5, 0.6) is 11.5 Å². The van der Waals surface area contributed by atoms with Gasteiger partial charge in [-0.1, -0.05) is 42.5 Å². The molecule has 36 heavy (non-hydrogen) atoms. The molecule has 0 radical (unpaired) electrons. The Balaban J connectivity index is 1.39. The fraction of sp³-hybridized carbons (Fsp3) is 0.241. The van der Waals surface area contributed by atoms with Crippen LogP contribution in [0.2, 0.25) is 0 Å². The second-order valence-electron chi connectivity index (χ2n) is 9.21. The fourth-order valence-corrected chi connectivity index (χ4v) is 6.09. The number of ketones is 1. The molecule has 182 valence electrons. The van der Waals surface area contributed by atoms with E-state index in [2.05, 4.69) is 11.4 Å². The summed E-state index contributed by atoms with van der Waals surface area (Å²) in [5, 5.41) is 5.45. The molecule has 1 aromatic heterocycles. The van der Waals surface area contributed by atoms with Gasteiger partial charge in [0.2, 0.25) is 6.79 Å². The molecule has 0 saturated carbocycles. The van der Waals surface area contributed by atoms with Gasteiger partial charge in [0.1, 0.15) is 6.61 Å². The molecule has 2 aliphatic heterocycles. The van der Waals surface area contributed by atoms with E-state index < -0.39 is 11.9 Å². The average Bonchev–Trinajstić information content (AvgIpc) is 3.59. The minimum atomic E-state index is -0.546. The lowest BCUT2D eigenvalue weighted by molar-refractivity contribution is -0.140. The lowest BCUT2D eigenvalue weighted by Gasteiger charge is -2.36. The predicted molar refractivity (Wildman–Crippen MR) is 136 cm³/mol. The summed E-state index contributed by atoms with van der Waals surface area (Å²) in [7, 11) is 0. The van der Waals surface area contributed by atoms with E-state index in [-0.39, 0.29) is 25.1 Å². The van der Waals surface area contributed by atoms with Crippen molar-refractivity contribution in [1.29, 1.82) is 0 Å². The first kappa shape index (κ1) is 22.6. The number of carbonyl (C=O) groups is 2. The van der Waals surface area contributed by atoms with Gasteiger partial charge in [-0.3, -0.25) is 4.79 Å². The summed E-state index contributed by atoms with van der Waals surface area (Å²) in [5.74, 6) is 0.458. The summed E-state index contributed by atoms with van der Waals surface area (Å²) in [6, 6.07) is 19.3. The van der Waals surface area contributed by atoms with Crippen LogP contribution in [0.4, 0.5) is 0 Å². The number of hydrogen-bond acceptors (Lipinski definition) is 7. The molecule has 0 spiro atoms. The lowest BCUT2D eigenvalue weighted by atomic mass is 9.72. The Labute approximate surface area is 213 Å². The Bertz CT molecular complexity index is 1390. The van der Waals surface area contributed by atoms with Crippen molar-refractivity contribution in [2.24, 2.45) is 0 Å². The zero-order valence-corrected chi connectivity index (χ0v) is 20.6. The largest absolute Gasteiger partial charge is 0.457 e. The highest BCUT2D eigenvalue weighted by Gasteiger charge is 2.42. The Kier molecular flexibility index (Phi) is 5.85. The molecule has 6 rings (SSSR count). The zero-order chi connectivity index (χ0) is 24.6. The molecular weight excluding hydrogens is 474 g/mol. The van der Waals surface area contributed by atoms with E-state index in [1.807, 2.05) is 66.9 Å². The van der Waals surface area contributed by atoms with Crippen LogP contribution in [-0.4, -0.2) is 18.5 Å². The van der Waals surface area contributed by atoms with Gasteiger partial charge in [0.05, 0.1) is 5.57 Å². The van der Waals surface area contributed by atoms with Crippen LogP contribution in [0.1, 0.15) is 47.6 Å². The van der Waals surface area contributed by atoms with E-state index in [9.17, 15) is 9.59 Å². The number of thiophene rings is 1. The normalized spacial score (nSPS) is 20.8. The minimum Gasteiger partial charge on any atom is -0.457 e. The SMILES string of the molecule is CC1=C(C(=O)OCc2ccccc2)[C@@H](c2ccc3c(c2)OCO3)C2=C(C[C@H](c3cccs3)CC2=O)N1. The van der Waals surface area contributed by atoms with Crippen LogP contribution in [-0.2, 0) is 20.9 Å². The number of dihydropyridines is 1. The molecule has 0 amide bonds. The van der Waals surface area contributed by atoms with Crippen LogP contribution in [0.25, 0.3) is 0 Å². The van der Waals surface area contributed by atoms with E-state index in [1.165, 1.54) is 4.88 Å². The third-order valence-corrected chi connectivity index (χ3v) is 7.97. The summed E-state index contributed by atoms with van der Waals surface area (Å²) in [5.41, 5.74) is 4.38. The number of hydrogen-bond donors (Lipinski definition) is 1. The van der Waals surface area contributed by atoms with E-state index in [4.69, 9.17) is 14.2 Å². The smallest absolute Gasteiger partial charge is 0.337 e. The number of benzene rings is 2. The van der Waals surface area contributed by atoms with E-state index in [0.717, 1.165) is 16.8 Å². The maximum atomic E-state index is 13.7. The third kappa shape index (κ3) is 4.09. The van der Waals surface area contributed by atoms with Crippen molar-refractivity contribution in [3.8, 4) is 11.5 Å². The van der Waals surface area contributed by atoms with Gasteiger partial charge in [-0.25, -0.2) is 4.79 Å². The second kappa shape index (κ2) is 9.32. The van der Waals surface area contributed by atoms with Crippen molar-refractivity contribution in [1.82, 2.24) is 5.32 Å². The van der Waals surface area contributed by atoms with E-state index in [1.54, 1.807) is 11.3 Å². The standard InChI is InChI=1S/C29H25NO5S/c1-17-26(29(32)33-15-18-6-3-2-4-7-18)27(19-9-10-23-24(14-19)35-16-34-23)28-21(30-17)12-20(13-22(28)31)25-8-5-11-36-25/h2-11,14,20,27,30H,12-13,15-16H2,1H3/t20-,27+/m0/s1. The summed E-state index contributed by atoms with van der Waals surface area (Å²) < 4.78 is 16.9. The molecule has 0 fully saturated rings. The molecule has 0 saturated heterocycles. The van der Waals surface area contributed by atoms with Crippen LogP contribution >= 0.6 is 11.3 Å². The van der Waals surface area contributed by atoms with E-state index in [0.29, 0.717) is 41.2 Å². The predicted octanol–water partition coefficient (Wildman–Crippen LogP) is 5.58. The molecule has 3 aliphatic rings. The monoisotopic (exact) mass is 499 g/mol. The molecule has 2 aromatic carbocycles. The number of carbonyl (C=O) groups excluding carboxylic acids is 2. The lowest BCUT2D eigenvalue weighted by Crippen LogP contribution is -2.36.